The molecule has 0 aromatic carbocycles. The molecule has 0 aliphatic carbocycles. The Morgan fingerprint density at radius 1 is 1.35 bits per heavy atom. The molecule has 0 radical (unpaired) electrons. The molecule has 1 fully saturated rings. The zero-order valence-corrected chi connectivity index (χ0v) is 14.5. The minimum Gasteiger partial charge on any atom is -0.368 e. The lowest BCUT2D eigenvalue weighted by Crippen LogP contribution is -2.43. The highest BCUT2D eigenvalue weighted by atomic mass is 32.1. The third-order valence-electron chi connectivity index (χ3n) is 3.86. The second kappa shape index (κ2) is 6.76. The van der Waals surface area contributed by atoms with Crippen LogP contribution in [0.3, 0.4) is 0 Å². The first-order valence-electron chi connectivity index (χ1n) is 7.78. The zero-order valence-electron chi connectivity index (χ0n) is 13.7. The van der Waals surface area contributed by atoms with Gasteiger partial charge in [-0.1, -0.05) is 0 Å². The predicted molar refractivity (Wildman–Crippen MR) is 89.5 cm³/mol. The molecule has 122 valence electrons. The Bertz CT molecular complexity index is 693. The van der Waals surface area contributed by atoms with E-state index in [1.165, 1.54) is 4.88 Å². The lowest BCUT2D eigenvalue weighted by molar-refractivity contribution is -0.138. The van der Waals surface area contributed by atoms with Crippen LogP contribution in [0.1, 0.15) is 33.1 Å². The van der Waals surface area contributed by atoms with Crippen LogP contribution in [-0.4, -0.2) is 40.5 Å². The maximum absolute atomic E-state index is 12.5. The van der Waals surface area contributed by atoms with Crippen molar-refractivity contribution in [2.24, 2.45) is 0 Å². The number of nitrogens with zero attached hydrogens (tertiary/aromatic N) is 3. The van der Waals surface area contributed by atoms with E-state index >= 15 is 0 Å². The van der Waals surface area contributed by atoms with Crippen molar-refractivity contribution in [2.75, 3.05) is 19.7 Å². The topological polar surface area (TPSA) is 55.3 Å². The number of rotatable bonds is 3. The van der Waals surface area contributed by atoms with Crippen molar-refractivity contribution in [2.45, 2.75) is 33.3 Å². The van der Waals surface area contributed by atoms with Gasteiger partial charge in [-0.2, -0.15) is 0 Å². The second-order valence-electron chi connectivity index (χ2n) is 5.87. The summed E-state index contributed by atoms with van der Waals surface area (Å²) in [7, 11) is 0. The Morgan fingerprint density at radius 2 is 2.17 bits per heavy atom. The van der Waals surface area contributed by atoms with Gasteiger partial charge in [0.1, 0.15) is 11.9 Å². The van der Waals surface area contributed by atoms with Crippen LogP contribution in [0.15, 0.2) is 18.2 Å². The monoisotopic (exact) mass is 331 g/mol. The highest BCUT2D eigenvalue weighted by molar-refractivity contribution is 7.12. The Kier molecular flexibility index (Phi) is 4.73. The minimum atomic E-state index is -0.168. The number of aromatic nitrogens is 2. The van der Waals surface area contributed by atoms with Gasteiger partial charge < -0.3 is 9.64 Å². The molecule has 1 amide bonds. The SMILES string of the molecule is Cc1cc([C@H]2CN(C(=O)Cc3ccc(C)s3)CCO2)nc(C)n1. The van der Waals surface area contributed by atoms with Crippen LogP contribution >= 0.6 is 11.3 Å². The van der Waals surface area contributed by atoms with Crippen molar-refractivity contribution in [1.82, 2.24) is 14.9 Å². The number of thiophene rings is 1. The van der Waals surface area contributed by atoms with Crippen LogP contribution in [0.2, 0.25) is 0 Å². The first-order chi connectivity index (χ1) is 11.0. The zero-order chi connectivity index (χ0) is 16.4. The van der Waals surface area contributed by atoms with E-state index in [1.807, 2.05) is 30.9 Å². The Labute approximate surface area is 140 Å². The summed E-state index contributed by atoms with van der Waals surface area (Å²) in [4.78, 5) is 25.5. The fourth-order valence-electron chi connectivity index (χ4n) is 2.81. The second-order valence-corrected chi connectivity index (χ2v) is 7.24. The van der Waals surface area contributed by atoms with Crippen LogP contribution in [0.5, 0.6) is 0 Å². The van der Waals surface area contributed by atoms with Gasteiger partial charge in [-0.25, -0.2) is 9.97 Å². The molecule has 1 aliphatic heterocycles. The summed E-state index contributed by atoms with van der Waals surface area (Å²) in [6, 6.07) is 6.03. The fraction of sp³-hybridized carbons (Fsp3) is 0.471. The third-order valence-corrected chi connectivity index (χ3v) is 4.86. The molecule has 0 spiro atoms. The van der Waals surface area contributed by atoms with Crippen LogP contribution in [-0.2, 0) is 16.0 Å². The molecule has 0 saturated carbocycles. The number of aryl methyl sites for hydroxylation is 3. The number of hydrogen-bond donors (Lipinski definition) is 0. The molecule has 2 aromatic rings. The number of carbonyl (C=O) groups is 1. The summed E-state index contributed by atoms with van der Waals surface area (Å²) >= 11 is 1.68. The summed E-state index contributed by atoms with van der Waals surface area (Å²) in [5, 5.41) is 0. The minimum absolute atomic E-state index is 0.155. The first kappa shape index (κ1) is 16.1. The van der Waals surface area contributed by atoms with Gasteiger partial charge in [0.15, 0.2) is 0 Å². The predicted octanol–water partition coefficient (Wildman–Crippen LogP) is 2.61. The maximum Gasteiger partial charge on any atom is 0.228 e. The van der Waals surface area contributed by atoms with E-state index in [4.69, 9.17) is 4.74 Å². The first-order valence-corrected chi connectivity index (χ1v) is 8.60. The number of hydrogen-bond acceptors (Lipinski definition) is 5. The molecule has 23 heavy (non-hydrogen) atoms. The quantitative estimate of drug-likeness (QED) is 0.867. The van der Waals surface area contributed by atoms with E-state index in [0.717, 1.165) is 22.1 Å². The van der Waals surface area contributed by atoms with Crippen molar-refractivity contribution in [3.63, 3.8) is 0 Å². The Hall–Kier alpha value is -1.79. The average Bonchev–Trinajstić information content (AvgIpc) is 2.91. The maximum atomic E-state index is 12.5. The van der Waals surface area contributed by atoms with Crippen molar-refractivity contribution >= 4 is 17.2 Å². The van der Waals surface area contributed by atoms with Gasteiger partial charge in [-0.3, -0.25) is 4.79 Å². The van der Waals surface area contributed by atoms with Crippen LogP contribution < -0.4 is 0 Å². The highest BCUT2D eigenvalue weighted by Crippen LogP contribution is 2.23. The molecular formula is C17H21N3O2S. The summed E-state index contributed by atoms with van der Waals surface area (Å²) in [6.45, 7) is 7.62. The number of ether oxygens (including phenoxy) is 1. The smallest absolute Gasteiger partial charge is 0.228 e. The van der Waals surface area contributed by atoms with Crippen molar-refractivity contribution in [3.05, 3.63) is 45.2 Å². The number of morpholine rings is 1. The standard InChI is InChI=1S/C17H21N3O2S/c1-11-8-15(19-13(3)18-11)16-10-20(6-7-22-16)17(21)9-14-5-4-12(2)23-14/h4-5,8,16H,6-7,9-10H2,1-3H3/t16-/m1/s1. The van der Waals surface area contributed by atoms with E-state index in [2.05, 4.69) is 23.0 Å². The molecule has 0 unspecified atom stereocenters. The van der Waals surface area contributed by atoms with Gasteiger partial charge >= 0.3 is 0 Å². The third kappa shape index (κ3) is 3.95. The normalized spacial score (nSPS) is 18.2. The molecule has 1 atom stereocenters. The molecule has 0 bridgehead atoms. The van der Waals surface area contributed by atoms with E-state index in [-0.39, 0.29) is 12.0 Å². The van der Waals surface area contributed by atoms with Crippen LogP contribution in [0.25, 0.3) is 0 Å². The molecular weight excluding hydrogens is 310 g/mol. The molecule has 6 heteroatoms. The summed E-state index contributed by atoms with van der Waals surface area (Å²) in [5.41, 5.74) is 1.79. The van der Waals surface area contributed by atoms with E-state index in [9.17, 15) is 4.79 Å². The molecule has 2 aromatic heterocycles. The van der Waals surface area contributed by atoms with Crippen LogP contribution in [0, 0.1) is 20.8 Å². The van der Waals surface area contributed by atoms with E-state index in [1.54, 1.807) is 11.3 Å². The Morgan fingerprint density at radius 3 is 2.87 bits per heavy atom. The van der Waals surface area contributed by atoms with Crippen molar-refractivity contribution in [3.8, 4) is 0 Å². The average molecular weight is 331 g/mol. The van der Waals surface area contributed by atoms with E-state index < -0.39 is 0 Å². The molecule has 1 saturated heterocycles. The molecule has 5 nitrogen and oxygen atoms in total. The van der Waals surface area contributed by atoms with Crippen molar-refractivity contribution < 1.29 is 9.53 Å². The molecule has 3 heterocycles. The van der Waals surface area contributed by atoms with Gasteiger partial charge in [0.25, 0.3) is 0 Å². The Balaban J connectivity index is 1.69. The molecule has 0 N–H and O–H groups in total. The molecule has 3 rings (SSSR count). The van der Waals surface area contributed by atoms with Gasteiger partial charge in [-0.15, -0.1) is 11.3 Å². The summed E-state index contributed by atoms with van der Waals surface area (Å²) < 4.78 is 5.83. The van der Waals surface area contributed by atoms with E-state index in [0.29, 0.717) is 26.1 Å². The number of amides is 1. The highest BCUT2D eigenvalue weighted by Gasteiger charge is 2.26. The van der Waals surface area contributed by atoms with Gasteiger partial charge in [0.2, 0.25) is 5.91 Å². The van der Waals surface area contributed by atoms with Gasteiger partial charge in [-0.05, 0) is 39.0 Å². The molecule has 1 aliphatic rings. The summed E-state index contributed by atoms with van der Waals surface area (Å²) in [5.74, 6) is 0.892. The van der Waals surface area contributed by atoms with Gasteiger partial charge in [0, 0.05) is 22.0 Å². The lowest BCUT2D eigenvalue weighted by Gasteiger charge is -2.32. The van der Waals surface area contributed by atoms with Gasteiger partial charge in [0.05, 0.1) is 25.3 Å². The van der Waals surface area contributed by atoms with Crippen LogP contribution in [0.4, 0.5) is 0 Å². The largest absolute Gasteiger partial charge is 0.368 e. The fourth-order valence-corrected chi connectivity index (χ4v) is 3.69. The summed E-state index contributed by atoms with van der Waals surface area (Å²) in [6.07, 6.45) is 0.297. The lowest BCUT2D eigenvalue weighted by atomic mass is 10.1. The number of carbonyl (C=O) groups excluding carboxylic acids is 1. The van der Waals surface area contributed by atoms with Crippen molar-refractivity contribution in [1.29, 1.82) is 0 Å².